The molecule has 0 aromatic heterocycles. The monoisotopic (exact) mass is 396 g/mol. The van der Waals surface area contributed by atoms with Crippen LogP contribution >= 0.6 is 0 Å². The van der Waals surface area contributed by atoms with E-state index in [0.29, 0.717) is 37.4 Å². The molecule has 0 bridgehead atoms. The fourth-order valence-electron chi connectivity index (χ4n) is 3.64. The predicted octanol–water partition coefficient (Wildman–Crippen LogP) is 2.91. The summed E-state index contributed by atoms with van der Waals surface area (Å²) >= 11 is 0. The number of carbonyl (C=O) groups excluding carboxylic acids is 3. The molecule has 0 N–H and O–H groups in total. The fourth-order valence-corrected chi connectivity index (χ4v) is 3.64. The number of halogens is 1. The minimum atomic E-state index is -0.323. The van der Waals surface area contributed by atoms with Crippen LogP contribution in [0, 0.1) is 5.82 Å². The summed E-state index contributed by atoms with van der Waals surface area (Å²) in [5, 5.41) is 0. The first kappa shape index (κ1) is 19.1. The summed E-state index contributed by atoms with van der Waals surface area (Å²) in [6, 6.07) is 13.0. The third-order valence-electron chi connectivity index (χ3n) is 5.25. The number of ether oxygens (including phenoxy) is 1. The third kappa shape index (κ3) is 4.29. The van der Waals surface area contributed by atoms with E-state index < -0.39 is 0 Å². The number of hydrogen-bond donors (Lipinski definition) is 0. The van der Waals surface area contributed by atoms with Crippen LogP contribution in [0.5, 0.6) is 11.5 Å². The summed E-state index contributed by atoms with van der Waals surface area (Å²) in [5.74, 6) is 0.575. The third-order valence-corrected chi connectivity index (χ3v) is 5.25. The van der Waals surface area contributed by atoms with Crippen molar-refractivity contribution in [2.45, 2.75) is 31.7 Å². The molecule has 4 rings (SSSR count). The number of amides is 3. The topological polar surface area (TPSA) is 66.9 Å². The highest BCUT2D eigenvalue weighted by atomic mass is 19.1. The van der Waals surface area contributed by atoms with Crippen LogP contribution in [0.2, 0.25) is 0 Å². The molecule has 6 nitrogen and oxygen atoms in total. The number of benzene rings is 2. The van der Waals surface area contributed by atoms with Crippen molar-refractivity contribution in [3.8, 4) is 11.5 Å². The number of nitrogens with zero attached hydrogens (tertiary/aromatic N) is 2. The van der Waals surface area contributed by atoms with Gasteiger partial charge in [0.1, 0.15) is 17.3 Å². The van der Waals surface area contributed by atoms with Crippen molar-refractivity contribution in [3.63, 3.8) is 0 Å². The predicted molar refractivity (Wildman–Crippen MR) is 103 cm³/mol. The Labute approximate surface area is 167 Å². The molecule has 2 saturated heterocycles. The smallest absolute Gasteiger partial charge is 0.230 e. The number of rotatable bonds is 6. The highest BCUT2D eigenvalue weighted by molar-refractivity contribution is 6.02. The number of hydrogen-bond acceptors (Lipinski definition) is 4. The van der Waals surface area contributed by atoms with Crippen LogP contribution in [0.4, 0.5) is 4.39 Å². The second kappa shape index (κ2) is 8.03. The van der Waals surface area contributed by atoms with Crippen LogP contribution in [0.3, 0.4) is 0 Å². The molecule has 150 valence electrons. The minimum Gasteiger partial charge on any atom is -0.457 e. The molecule has 0 spiro atoms. The number of imide groups is 1. The van der Waals surface area contributed by atoms with Crippen LogP contribution in [0.25, 0.3) is 0 Å². The molecule has 2 aliphatic rings. The molecule has 2 heterocycles. The van der Waals surface area contributed by atoms with Gasteiger partial charge in [-0.1, -0.05) is 12.1 Å². The molecule has 0 atom stereocenters. The van der Waals surface area contributed by atoms with E-state index in [1.54, 1.807) is 23.1 Å². The van der Waals surface area contributed by atoms with Crippen molar-refractivity contribution in [1.29, 1.82) is 0 Å². The van der Waals surface area contributed by atoms with Gasteiger partial charge in [-0.05, 0) is 48.4 Å². The van der Waals surface area contributed by atoms with Crippen molar-refractivity contribution < 1.29 is 23.5 Å². The van der Waals surface area contributed by atoms with Gasteiger partial charge in [0.15, 0.2) is 0 Å². The molecule has 0 aliphatic carbocycles. The zero-order chi connectivity index (χ0) is 20.4. The van der Waals surface area contributed by atoms with E-state index in [-0.39, 0.29) is 42.4 Å². The van der Waals surface area contributed by atoms with Gasteiger partial charge in [-0.3, -0.25) is 19.3 Å². The Hall–Kier alpha value is -3.22. The maximum Gasteiger partial charge on any atom is 0.230 e. The SMILES string of the molecule is O=C(CCc1cccc(Oc2ccc(F)cc2)c1)N1CC(N2C(=O)CCC2=O)C1. The van der Waals surface area contributed by atoms with Gasteiger partial charge >= 0.3 is 0 Å². The lowest BCUT2D eigenvalue weighted by molar-refractivity contribution is -0.151. The highest BCUT2D eigenvalue weighted by Crippen LogP contribution is 2.25. The summed E-state index contributed by atoms with van der Waals surface area (Å²) < 4.78 is 18.7. The molecule has 2 aromatic rings. The maximum atomic E-state index is 13.0. The first-order chi connectivity index (χ1) is 14.0. The van der Waals surface area contributed by atoms with E-state index in [1.807, 2.05) is 18.2 Å². The lowest BCUT2D eigenvalue weighted by Crippen LogP contribution is -2.62. The van der Waals surface area contributed by atoms with E-state index in [2.05, 4.69) is 0 Å². The van der Waals surface area contributed by atoms with E-state index >= 15 is 0 Å². The van der Waals surface area contributed by atoms with E-state index in [0.717, 1.165) is 5.56 Å². The Morgan fingerprint density at radius 1 is 1.00 bits per heavy atom. The first-order valence-corrected chi connectivity index (χ1v) is 9.64. The van der Waals surface area contributed by atoms with Crippen LogP contribution in [0.15, 0.2) is 48.5 Å². The van der Waals surface area contributed by atoms with Crippen molar-refractivity contribution in [1.82, 2.24) is 9.80 Å². The summed E-state index contributed by atoms with van der Waals surface area (Å²) in [6.45, 7) is 0.841. The largest absolute Gasteiger partial charge is 0.457 e. The van der Waals surface area contributed by atoms with Crippen molar-refractivity contribution >= 4 is 17.7 Å². The van der Waals surface area contributed by atoms with Gasteiger partial charge in [-0.15, -0.1) is 0 Å². The molecule has 29 heavy (non-hydrogen) atoms. The van der Waals surface area contributed by atoms with Crippen LogP contribution < -0.4 is 4.74 Å². The van der Waals surface area contributed by atoms with E-state index in [4.69, 9.17) is 4.74 Å². The Balaban J connectivity index is 1.27. The minimum absolute atomic E-state index is 0.00482. The highest BCUT2D eigenvalue weighted by Gasteiger charge is 2.42. The summed E-state index contributed by atoms with van der Waals surface area (Å²) in [5.41, 5.74) is 0.958. The Bertz CT molecular complexity index is 922. The van der Waals surface area contributed by atoms with Crippen LogP contribution in [-0.4, -0.2) is 46.7 Å². The Kier molecular flexibility index (Phi) is 5.29. The van der Waals surface area contributed by atoms with Crippen LogP contribution in [0.1, 0.15) is 24.8 Å². The van der Waals surface area contributed by atoms with Crippen molar-refractivity contribution in [2.24, 2.45) is 0 Å². The average Bonchev–Trinajstić information content (AvgIpc) is 3.00. The molecule has 0 saturated carbocycles. The van der Waals surface area contributed by atoms with Gasteiger partial charge < -0.3 is 9.64 Å². The maximum absolute atomic E-state index is 13.0. The lowest BCUT2D eigenvalue weighted by Gasteiger charge is -2.43. The Morgan fingerprint density at radius 2 is 1.69 bits per heavy atom. The zero-order valence-electron chi connectivity index (χ0n) is 15.8. The number of likely N-dealkylation sites (tertiary alicyclic amines) is 2. The summed E-state index contributed by atoms with van der Waals surface area (Å²) in [6.07, 6.45) is 1.45. The van der Waals surface area contributed by atoms with Gasteiger partial charge in [0.25, 0.3) is 0 Å². The van der Waals surface area contributed by atoms with Gasteiger partial charge in [0.2, 0.25) is 17.7 Å². The lowest BCUT2D eigenvalue weighted by atomic mass is 10.0. The molecule has 7 heteroatoms. The van der Waals surface area contributed by atoms with Gasteiger partial charge in [0, 0.05) is 32.4 Å². The zero-order valence-corrected chi connectivity index (χ0v) is 15.8. The van der Waals surface area contributed by atoms with Gasteiger partial charge in [0.05, 0.1) is 6.04 Å². The molecule has 3 amide bonds. The molecular formula is C22H21FN2O4. The van der Waals surface area contributed by atoms with Gasteiger partial charge in [-0.2, -0.15) is 0 Å². The van der Waals surface area contributed by atoms with Crippen molar-refractivity contribution in [2.75, 3.05) is 13.1 Å². The first-order valence-electron chi connectivity index (χ1n) is 9.64. The molecule has 0 radical (unpaired) electrons. The Morgan fingerprint density at radius 3 is 2.38 bits per heavy atom. The second-order valence-electron chi connectivity index (χ2n) is 7.31. The molecular weight excluding hydrogens is 375 g/mol. The van der Waals surface area contributed by atoms with Gasteiger partial charge in [-0.25, -0.2) is 4.39 Å². The summed E-state index contributed by atoms with van der Waals surface area (Å²) in [7, 11) is 0. The quantitative estimate of drug-likeness (QED) is 0.705. The average molecular weight is 396 g/mol. The number of aryl methyl sites for hydroxylation is 1. The fraction of sp³-hybridized carbons (Fsp3) is 0.318. The second-order valence-corrected chi connectivity index (χ2v) is 7.31. The summed E-state index contributed by atoms with van der Waals surface area (Å²) in [4.78, 5) is 38.9. The van der Waals surface area contributed by atoms with E-state index in [1.165, 1.54) is 17.0 Å². The number of carbonyl (C=O) groups is 3. The molecule has 2 fully saturated rings. The molecule has 2 aliphatic heterocycles. The van der Waals surface area contributed by atoms with Crippen molar-refractivity contribution in [3.05, 3.63) is 59.9 Å². The van der Waals surface area contributed by atoms with Crippen LogP contribution in [-0.2, 0) is 20.8 Å². The molecule has 0 unspecified atom stereocenters. The standard InChI is InChI=1S/C22H21FN2O4/c23-16-5-7-18(8-6-16)29-19-3-1-2-15(12-19)4-9-20(26)24-13-17(14-24)25-21(27)10-11-22(25)28/h1-3,5-8,12,17H,4,9-11,13-14H2. The van der Waals surface area contributed by atoms with E-state index in [9.17, 15) is 18.8 Å². The molecule has 2 aromatic carbocycles. The normalized spacial score (nSPS) is 16.9.